The predicted octanol–water partition coefficient (Wildman–Crippen LogP) is 9.56. The highest BCUT2D eigenvalue weighted by Crippen LogP contribution is 2.52. The van der Waals surface area contributed by atoms with Gasteiger partial charge in [0.15, 0.2) is 0 Å². The van der Waals surface area contributed by atoms with E-state index in [2.05, 4.69) is 123 Å². The van der Waals surface area contributed by atoms with Crippen LogP contribution in [0.5, 0.6) is 0 Å². The number of benzene rings is 5. The van der Waals surface area contributed by atoms with Gasteiger partial charge in [-0.3, -0.25) is 0 Å². The third-order valence-corrected chi connectivity index (χ3v) is 8.15. The quantitative estimate of drug-likeness (QED) is 0.219. The summed E-state index contributed by atoms with van der Waals surface area (Å²) < 4.78 is 1.89. The number of hydrogen-bond acceptors (Lipinski definition) is 2. The zero-order valence-corrected chi connectivity index (χ0v) is 23.7. The van der Waals surface area contributed by atoms with Crippen LogP contribution in [0.1, 0.15) is 27.8 Å². The average molecular weight is 611 g/mol. The Morgan fingerprint density at radius 3 is 1.32 bits per heavy atom. The molecule has 0 amide bonds. The van der Waals surface area contributed by atoms with Gasteiger partial charge in [-0.1, -0.05) is 91.5 Å². The van der Waals surface area contributed by atoms with Gasteiger partial charge in [0.1, 0.15) is 5.60 Å². The number of halogens is 2. The summed E-state index contributed by atoms with van der Waals surface area (Å²) in [5.41, 5.74) is 9.11. The number of nitrogens with zero attached hydrogens (tertiary/aromatic N) is 1. The molecule has 182 valence electrons. The van der Waals surface area contributed by atoms with Crippen molar-refractivity contribution in [1.82, 2.24) is 0 Å². The van der Waals surface area contributed by atoms with Crippen LogP contribution < -0.4 is 4.90 Å². The first kappa shape index (κ1) is 24.2. The number of aryl methyl sites for hydroxylation is 2. The highest BCUT2D eigenvalue weighted by molar-refractivity contribution is 9.10. The Bertz CT molecular complexity index is 1510. The molecule has 0 fully saturated rings. The summed E-state index contributed by atoms with van der Waals surface area (Å²) in [6, 6.07) is 37.7. The Morgan fingerprint density at radius 2 is 0.919 bits per heavy atom. The lowest BCUT2D eigenvalue weighted by molar-refractivity contribution is 0.130. The van der Waals surface area contributed by atoms with Crippen LogP contribution in [0.3, 0.4) is 0 Å². The zero-order valence-electron chi connectivity index (χ0n) is 20.5. The SMILES string of the molecule is Cc1ccc(N(c2ccc(C)cc2)c2ccc(C3(O)c4cc(Br)ccc4-c4ccc(Br)cc43)cc2)cc1. The lowest BCUT2D eigenvalue weighted by Crippen LogP contribution is -2.26. The van der Waals surface area contributed by atoms with E-state index in [4.69, 9.17) is 0 Å². The van der Waals surface area contributed by atoms with E-state index in [9.17, 15) is 5.11 Å². The molecule has 0 spiro atoms. The van der Waals surface area contributed by atoms with E-state index in [1.54, 1.807) is 0 Å². The van der Waals surface area contributed by atoms with Crippen molar-refractivity contribution < 1.29 is 5.11 Å². The molecule has 0 atom stereocenters. The van der Waals surface area contributed by atoms with Crippen molar-refractivity contribution in [2.75, 3.05) is 4.90 Å². The summed E-state index contributed by atoms with van der Waals surface area (Å²) in [5, 5.41) is 12.4. The first-order valence-corrected chi connectivity index (χ1v) is 13.8. The van der Waals surface area contributed by atoms with E-state index >= 15 is 0 Å². The predicted molar refractivity (Wildman–Crippen MR) is 160 cm³/mol. The van der Waals surface area contributed by atoms with Crippen molar-refractivity contribution in [3.05, 3.63) is 146 Å². The van der Waals surface area contributed by atoms with Gasteiger partial charge in [-0.25, -0.2) is 0 Å². The summed E-state index contributed by atoms with van der Waals surface area (Å²) >= 11 is 7.23. The molecule has 5 aromatic carbocycles. The Kier molecular flexibility index (Phi) is 6.07. The highest BCUT2D eigenvalue weighted by Gasteiger charge is 2.43. The lowest BCUT2D eigenvalue weighted by Gasteiger charge is -2.29. The summed E-state index contributed by atoms with van der Waals surface area (Å²) in [4.78, 5) is 2.25. The number of anilines is 3. The average Bonchev–Trinajstić information content (AvgIpc) is 3.15. The second-order valence-electron chi connectivity index (χ2n) is 9.64. The molecule has 1 N–H and O–H groups in total. The van der Waals surface area contributed by atoms with Crippen LogP contribution in [0.2, 0.25) is 0 Å². The minimum atomic E-state index is -1.25. The first-order chi connectivity index (χ1) is 17.8. The van der Waals surface area contributed by atoms with Gasteiger partial charge in [-0.05, 0) is 91.2 Å². The maximum absolute atomic E-state index is 12.4. The van der Waals surface area contributed by atoms with Crippen molar-refractivity contribution in [1.29, 1.82) is 0 Å². The van der Waals surface area contributed by atoms with Crippen LogP contribution in [0.15, 0.2) is 118 Å². The van der Waals surface area contributed by atoms with Gasteiger partial charge in [0.05, 0.1) is 0 Å². The second-order valence-corrected chi connectivity index (χ2v) is 11.5. The Labute approximate surface area is 234 Å². The molecule has 0 unspecified atom stereocenters. The van der Waals surface area contributed by atoms with Crippen LogP contribution in [0, 0.1) is 13.8 Å². The zero-order chi connectivity index (χ0) is 25.7. The first-order valence-electron chi connectivity index (χ1n) is 12.2. The summed E-state index contributed by atoms with van der Waals surface area (Å²) in [7, 11) is 0. The van der Waals surface area contributed by atoms with Crippen molar-refractivity contribution in [3.63, 3.8) is 0 Å². The van der Waals surface area contributed by atoms with E-state index in [1.165, 1.54) is 11.1 Å². The summed E-state index contributed by atoms with van der Waals surface area (Å²) in [6.45, 7) is 4.20. The van der Waals surface area contributed by atoms with Gasteiger partial charge in [0.2, 0.25) is 0 Å². The van der Waals surface area contributed by atoms with Crippen LogP contribution >= 0.6 is 31.9 Å². The molecule has 0 bridgehead atoms. The smallest absolute Gasteiger partial charge is 0.141 e. The van der Waals surface area contributed by atoms with Crippen molar-refractivity contribution >= 4 is 48.9 Å². The van der Waals surface area contributed by atoms with Gasteiger partial charge in [0, 0.05) is 37.1 Å². The molecule has 2 nitrogen and oxygen atoms in total. The fourth-order valence-corrected chi connectivity index (χ4v) is 5.97. The molecule has 0 aliphatic heterocycles. The molecule has 0 radical (unpaired) electrons. The Morgan fingerprint density at radius 1 is 0.541 bits per heavy atom. The largest absolute Gasteiger partial charge is 0.376 e. The molecule has 5 aromatic rings. The molecule has 6 rings (SSSR count). The lowest BCUT2D eigenvalue weighted by atomic mass is 9.84. The number of hydrogen-bond donors (Lipinski definition) is 1. The summed E-state index contributed by atoms with van der Waals surface area (Å²) in [5.74, 6) is 0. The van der Waals surface area contributed by atoms with E-state index < -0.39 is 5.60 Å². The molecule has 1 aliphatic carbocycles. The van der Waals surface area contributed by atoms with E-state index in [0.717, 1.165) is 53.8 Å². The number of aliphatic hydroxyl groups is 1. The van der Waals surface area contributed by atoms with E-state index in [1.807, 2.05) is 36.4 Å². The molecule has 0 saturated heterocycles. The van der Waals surface area contributed by atoms with Crippen molar-refractivity contribution in [3.8, 4) is 11.1 Å². The molecule has 1 aliphatic rings. The van der Waals surface area contributed by atoms with Gasteiger partial charge >= 0.3 is 0 Å². The van der Waals surface area contributed by atoms with Crippen molar-refractivity contribution in [2.45, 2.75) is 19.4 Å². The maximum atomic E-state index is 12.4. The monoisotopic (exact) mass is 609 g/mol. The molecule has 0 aromatic heterocycles. The minimum absolute atomic E-state index is 0.834. The Hall–Kier alpha value is -3.18. The van der Waals surface area contributed by atoms with Crippen LogP contribution in [-0.4, -0.2) is 5.11 Å². The van der Waals surface area contributed by atoms with E-state index in [-0.39, 0.29) is 0 Å². The third-order valence-electron chi connectivity index (χ3n) is 7.16. The number of rotatable bonds is 4. The van der Waals surface area contributed by atoms with Gasteiger partial charge in [-0.15, -0.1) is 0 Å². The maximum Gasteiger partial charge on any atom is 0.141 e. The Balaban J connectivity index is 1.49. The topological polar surface area (TPSA) is 23.5 Å². The van der Waals surface area contributed by atoms with Crippen LogP contribution in [0.4, 0.5) is 17.1 Å². The molecular formula is C33H25Br2NO. The number of fused-ring (bicyclic) bond motifs is 3. The molecule has 37 heavy (non-hydrogen) atoms. The van der Waals surface area contributed by atoms with Gasteiger partial charge < -0.3 is 10.0 Å². The fraction of sp³-hybridized carbons (Fsp3) is 0.0909. The third kappa shape index (κ3) is 4.14. The van der Waals surface area contributed by atoms with E-state index in [0.29, 0.717) is 0 Å². The fourth-order valence-electron chi connectivity index (χ4n) is 5.24. The van der Waals surface area contributed by atoms with Gasteiger partial charge in [0.25, 0.3) is 0 Å². The highest BCUT2D eigenvalue weighted by atomic mass is 79.9. The van der Waals surface area contributed by atoms with Gasteiger partial charge in [-0.2, -0.15) is 0 Å². The second kappa shape index (κ2) is 9.29. The summed E-state index contributed by atoms with van der Waals surface area (Å²) in [6.07, 6.45) is 0. The molecule has 0 saturated carbocycles. The van der Waals surface area contributed by atoms with Crippen molar-refractivity contribution in [2.24, 2.45) is 0 Å². The molecule has 4 heteroatoms. The molecular weight excluding hydrogens is 586 g/mol. The van der Waals surface area contributed by atoms with Crippen LogP contribution in [-0.2, 0) is 5.60 Å². The standard InChI is InChI=1S/C33H25Br2NO/c1-21-3-11-26(12-4-21)36(27-13-5-22(2)6-14-27)28-15-7-23(8-16-28)33(37)31-19-24(34)9-17-29(31)30-18-10-25(35)20-32(30)33/h3-20,37H,1-2H3. The minimum Gasteiger partial charge on any atom is -0.376 e. The van der Waals surface area contributed by atoms with Crippen LogP contribution in [0.25, 0.3) is 11.1 Å². The normalized spacial score (nSPS) is 13.2. The molecule has 0 heterocycles.